The molecule has 0 spiro atoms. The highest BCUT2D eigenvalue weighted by Crippen LogP contribution is 2.34. The average molecular weight is 323 g/mol. The van der Waals surface area contributed by atoms with Crippen molar-refractivity contribution in [3.63, 3.8) is 0 Å². The normalized spacial score (nSPS) is 17.8. The first-order valence-electron chi connectivity index (χ1n) is 5.84. The molecule has 0 saturated carbocycles. The van der Waals surface area contributed by atoms with Crippen LogP contribution in [0.3, 0.4) is 0 Å². The van der Waals surface area contributed by atoms with Crippen LogP contribution in [0.1, 0.15) is 0 Å². The van der Waals surface area contributed by atoms with E-state index in [-0.39, 0.29) is 21.5 Å². The van der Waals surface area contributed by atoms with Gasteiger partial charge in [0.05, 0.1) is 20.7 Å². The van der Waals surface area contributed by atoms with Crippen molar-refractivity contribution < 1.29 is 13.3 Å². The number of thioether (sulfide) groups is 1. The number of hydrogen-bond donors (Lipinski definition) is 1. The maximum Gasteiger partial charge on any atom is 0.278 e. The molecule has 0 amide bonds. The van der Waals surface area contributed by atoms with Crippen molar-refractivity contribution in [3.8, 4) is 0 Å². The van der Waals surface area contributed by atoms with E-state index in [4.69, 9.17) is 0 Å². The topological polar surface area (TPSA) is 102 Å². The third kappa shape index (κ3) is 2.24. The van der Waals surface area contributed by atoms with Crippen molar-refractivity contribution in [2.45, 2.75) is 9.60 Å². The van der Waals surface area contributed by atoms with E-state index in [1.807, 2.05) is 0 Å². The fourth-order valence-electron chi connectivity index (χ4n) is 2.07. The van der Waals surface area contributed by atoms with E-state index in [1.54, 1.807) is 11.6 Å². The number of benzene rings is 1. The minimum absolute atomic E-state index is 0.0163. The minimum Gasteiger partial charge on any atom is -0.366 e. The summed E-state index contributed by atoms with van der Waals surface area (Å²) in [4.78, 5) is 14.5. The molecule has 0 radical (unpaired) electrons. The molecule has 1 aliphatic rings. The van der Waals surface area contributed by atoms with Crippen molar-refractivity contribution in [1.29, 1.82) is 0 Å². The Morgan fingerprint density at radius 2 is 2.14 bits per heavy atom. The first-order chi connectivity index (χ1) is 10.0. The lowest BCUT2D eigenvalue weighted by atomic mass is 10.2. The zero-order chi connectivity index (χ0) is 15.0. The Hall–Kier alpha value is -2.13. The number of hydrogen-bond acceptors (Lipinski definition) is 7. The summed E-state index contributed by atoms with van der Waals surface area (Å²) < 4.78 is 24.3. The monoisotopic (exact) mass is 323 g/mol. The second kappa shape index (κ2) is 5.01. The van der Waals surface area contributed by atoms with E-state index < -0.39 is 19.5 Å². The number of sulfone groups is 1. The van der Waals surface area contributed by atoms with Gasteiger partial charge in [0.15, 0.2) is 4.71 Å². The van der Waals surface area contributed by atoms with Gasteiger partial charge in [0.1, 0.15) is 0 Å². The standard InChI is InChI=1S/C12H9N3O4S2/c16-15(17)9-3-4-10(11-8(9)2-1-5-13-11)21(18,19)12-14-6-7-20-12/h1-7,12,14H. The van der Waals surface area contributed by atoms with Gasteiger partial charge < -0.3 is 5.32 Å². The van der Waals surface area contributed by atoms with Gasteiger partial charge in [-0.2, -0.15) is 0 Å². The summed E-state index contributed by atoms with van der Waals surface area (Å²) in [6.45, 7) is 0. The zero-order valence-corrected chi connectivity index (χ0v) is 12.1. The predicted octanol–water partition coefficient (Wildman–Crippen LogP) is 2.01. The molecule has 0 aliphatic carbocycles. The second-order valence-corrected chi connectivity index (χ2v) is 7.54. The number of nitro groups is 1. The Bertz CT molecular complexity index is 856. The third-order valence-corrected chi connectivity index (χ3v) is 6.41. The SMILES string of the molecule is O=[N+]([O-])c1ccc(S(=O)(=O)C2NC=CS2)c2ncccc12. The Kier molecular flexibility index (Phi) is 3.30. The lowest BCUT2D eigenvalue weighted by Gasteiger charge is -2.13. The molecular weight excluding hydrogens is 314 g/mol. The first kappa shape index (κ1) is 13.8. The fraction of sp³-hybridized carbons (Fsp3) is 0.0833. The van der Waals surface area contributed by atoms with Crippen LogP contribution in [0.2, 0.25) is 0 Å². The number of non-ortho nitro benzene ring substituents is 1. The van der Waals surface area contributed by atoms with Gasteiger partial charge in [0.25, 0.3) is 5.69 Å². The minimum atomic E-state index is -3.70. The third-order valence-electron chi connectivity index (χ3n) is 3.00. The maximum absolute atomic E-state index is 12.6. The molecule has 0 saturated heterocycles. The summed E-state index contributed by atoms with van der Waals surface area (Å²) in [5, 5.41) is 15.6. The molecular formula is C12H9N3O4S2. The molecule has 2 heterocycles. The lowest BCUT2D eigenvalue weighted by Crippen LogP contribution is -2.27. The second-order valence-electron chi connectivity index (χ2n) is 4.22. The van der Waals surface area contributed by atoms with E-state index in [0.29, 0.717) is 0 Å². The van der Waals surface area contributed by atoms with Crippen LogP contribution in [-0.2, 0) is 9.84 Å². The van der Waals surface area contributed by atoms with Gasteiger partial charge in [0, 0.05) is 18.5 Å². The number of pyridine rings is 1. The highest BCUT2D eigenvalue weighted by molar-refractivity contribution is 8.15. The highest BCUT2D eigenvalue weighted by Gasteiger charge is 2.32. The van der Waals surface area contributed by atoms with E-state index in [2.05, 4.69) is 10.3 Å². The van der Waals surface area contributed by atoms with E-state index in [0.717, 1.165) is 11.8 Å². The number of aromatic nitrogens is 1. The van der Waals surface area contributed by atoms with Gasteiger partial charge >= 0.3 is 0 Å². The van der Waals surface area contributed by atoms with Crippen LogP contribution in [0.25, 0.3) is 10.9 Å². The quantitative estimate of drug-likeness (QED) is 0.680. The van der Waals surface area contributed by atoms with E-state index >= 15 is 0 Å². The predicted molar refractivity (Wildman–Crippen MR) is 79.2 cm³/mol. The summed E-state index contributed by atoms with van der Waals surface area (Å²) in [5.74, 6) is 0. The molecule has 3 rings (SSSR count). The average Bonchev–Trinajstić information content (AvgIpc) is 3.00. The van der Waals surface area contributed by atoms with Crippen LogP contribution in [0, 0.1) is 10.1 Å². The summed E-state index contributed by atoms with van der Waals surface area (Å²) in [6.07, 6.45) is 2.96. The Morgan fingerprint density at radius 3 is 2.81 bits per heavy atom. The lowest BCUT2D eigenvalue weighted by molar-refractivity contribution is -0.383. The van der Waals surface area contributed by atoms with Crippen molar-refractivity contribution in [2.24, 2.45) is 0 Å². The van der Waals surface area contributed by atoms with Crippen molar-refractivity contribution in [1.82, 2.24) is 10.3 Å². The number of nitro benzene ring substituents is 1. The Morgan fingerprint density at radius 1 is 1.33 bits per heavy atom. The Labute approximate surface area is 124 Å². The molecule has 0 bridgehead atoms. The number of fused-ring (bicyclic) bond motifs is 1. The van der Waals surface area contributed by atoms with E-state index in [1.165, 1.54) is 30.5 Å². The first-order valence-corrected chi connectivity index (χ1v) is 8.33. The van der Waals surface area contributed by atoms with Crippen LogP contribution >= 0.6 is 11.8 Å². The number of rotatable bonds is 3. The Balaban J connectivity index is 2.25. The van der Waals surface area contributed by atoms with Gasteiger partial charge in [-0.25, -0.2) is 8.42 Å². The zero-order valence-electron chi connectivity index (χ0n) is 10.5. The number of nitrogens with one attached hydrogen (secondary N) is 1. The summed E-state index contributed by atoms with van der Waals surface area (Å²) in [5.41, 5.74) is -0.0526. The highest BCUT2D eigenvalue weighted by atomic mass is 32.3. The maximum atomic E-state index is 12.6. The summed E-state index contributed by atoms with van der Waals surface area (Å²) >= 11 is 1.12. The molecule has 21 heavy (non-hydrogen) atoms. The molecule has 0 fully saturated rings. The van der Waals surface area contributed by atoms with Crippen LogP contribution in [0.4, 0.5) is 5.69 Å². The molecule has 9 heteroatoms. The van der Waals surface area contributed by atoms with Gasteiger partial charge in [-0.15, -0.1) is 0 Å². The fourth-order valence-corrected chi connectivity index (χ4v) is 4.79. The molecule has 1 aromatic carbocycles. The molecule has 1 unspecified atom stereocenters. The van der Waals surface area contributed by atoms with Crippen LogP contribution in [0.15, 0.2) is 47.0 Å². The smallest absolute Gasteiger partial charge is 0.278 e. The van der Waals surface area contributed by atoms with Gasteiger partial charge in [-0.3, -0.25) is 15.1 Å². The van der Waals surface area contributed by atoms with Gasteiger partial charge in [0.2, 0.25) is 9.84 Å². The molecule has 1 aromatic heterocycles. The van der Waals surface area contributed by atoms with Gasteiger partial charge in [-0.1, -0.05) is 11.8 Å². The van der Waals surface area contributed by atoms with Crippen LogP contribution in [-0.4, -0.2) is 23.0 Å². The van der Waals surface area contributed by atoms with Crippen molar-refractivity contribution >= 4 is 38.2 Å². The summed E-state index contributed by atoms with van der Waals surface area (Å²) in [6, 6.07) is 5.47. The molecule has 108 valence electrons. The molecule has 7 nitrogen and oxygen atoms in total. The molecule has 1 atom stereocenters. The van der Waals surface area contributed by atoms with Crippen LogP contribution < -0.4 is 5.32 Å². The summed E-state index contributed by atoms with van der Waals surface area (Å²) in [7, 11) is -3.70. The molecule has 1 aliphatic heterocycles. The number of nitrogens with zero attached hydrogens (tertiary/aromatic N) is 2. The van der Waals surface area contributed by atoms with Crippen molar-refractivity contribution in [2.75, 3.05) is 0 Å². The van der Waals surface area contributed by atoms with E-state index in [9.17, 15) is 18.5 Å². The van der Waals surface area contributed by atoms with Crippen molar-refractivity contribution in [3.05, 3.63) is 52.2 Å². The largest absolute Gasteiger partial charge is 0.366 e. The molecule has 1 N–H and O–H groups in total. The van der Waals surface area contributed by atoms with Gasteiger partial charge in [-0.05, 0) is 23.6 Å². The molecule has 2 aromatic rings. The van der Waals surface area contributed by atoms with Crippen LogP contribution in [0.5, 0.6) is 0 Å².